The van der Waals surface area contributed by atoms with Gasteiger partial charge in [0.15, 0.2) is 0 Å². The predicted molar refractivity (Wildman–Crippen MR) is 449 cm³/mol. The molecule has 2 aliphatic heterocycles. The van der Waals surface area contributed by atoms with Crippen molar-refractivity contribution in [2.24, 2.45) is 0 Å². The summed E-state index contributed by atoms with van der Waals surface area (Å²) in [5.41, 5.74) is 45.5. The molecule has 4 heteroatoms. The first-order valence-corrected chi connectivity index (χ1v) is 38.4. The lowest BCUT2D eigenvalue weighted by Gasteiger charge is -2.47. The molecule has 0 saturated heterocycles. The molecule has 500 valence electrons. The minimum atomic E-state index is -0.714. The number of anilines is 6. The van der Waals surface area contributed by atoms with Crippen LogP contribution in [0.25, 0.3) is 105 Å². The van der Waals surface area contributed by atoms with Crippen molar-refractivity contribution in [1.82, 2.24) is 4.57 Å². The molecule has 109 heavy (non-hydrogen) atoms. The van der Waals surface area contributed by atoms with E-state index in [0.717, 1.165) is 39.5 Å². The molecule has 0 unspecified atom stereocenters. The number of rotatable bonds is 4. The maximum Gasteiger partial charge on any atom is 0.252 e. The Kier molecular flexibility index (Phi) is 11.2. The van der Waals surface area contributed by atoms with Crippen LogP contribution in [0.3, 0.4) is 0 Å². The molecule has 0 saturated carbocycles. The number of aromatic nitrogens is 1. The highest BCUT2D eigenvalue weighted by atomic mass is 15.2. The van der Waals surface area contributed by atoms with E-state index in [4.69, 9.17) is 0 Å². The molecule has 0 atom stereocenters. The van der Waals surface area contributed by atoms with Crippen LogP contribution in [0.15, 0.2) is 376 Å². The molecule has 0 fully saturated rings. The van der Waals surface area contributed by atoms with Crippen molar-refractivity contribution in [2.75, 3.05) is 9.80 Å². The van der Waals surface area contributed by atoms with Crippen molar-refractivity contribution in [2.45, 2.75) is 16.2 Å². The summed E-state index contributed by atoms with van der Waals surface area (Å²) in [6, 6.07) is 146. The van der Waals surface area contributed by atoms with Gasteiger partial charge in [-0.3, -0.25) is 0 Å². The van der Waals surface area contributed by atoms with Gasteiger partial charge in [0.2, 0.25) is 0 Å². The number of hydrogen-bond acceptors (Lipinski definition) is 2. The highest BCUT2D eigenvalue weighted by Gasteiger charge is 2.60. The molecule has 18 aromatic rings. The van der Waals surface area contributed by atoms with Crippen LogP contribution in [-0.2, 0) is 16.2 Å². The van der Waals surface area contributed by atoms with Gasteiger partial charge in [0.05, 0.1) is 38.7 Å². The van der Waals surface area contributed by atoms with Crippen LogP contribution in [0, 0.1) is 0 Å². The zero-order chi connectivity index (χ0) is 70.7. The highest BCUT2D eigenvalue weighted by Crippen LogP contribution is 2.71. The minimum Gasteiger partial charge on any atom is -0.311 e. The maximum absolute atomic E-state index is 2.86. The van der Waals surface area contributed by atoms with E-state index in [-0.39, 0.29) is 6.71 Å². The van der Waals surface area contributed by atoms with Crippen LogP contribution in [0.1, 0.15) is 66.8 Å². The fourth-order valence-corrected chi connectivity index (χ4v) is 22.9. The summed E-state index contributed by atoms with van der Waals surface area (Å²) in [6.07, 6.45) is 0. The van der Waals surface area contributed by atoms with E-state index >= 15 is 0 Å². The Morgan fingerprint density at radius 2 is 0.587 bits per heavy atom. The van der Waals surface area contributed by atoms with E-state index < -0.39 is 16.2 Å². The van der Waals surface area contributed by atoms with Crippen LogP contribution in [0.4, 0.5) is 34.1 Å². The zero-order valence-electron chi connectivity index (χ0n) is 59.2. The molecule has 3 heterocycles. The zero-order valence-corrected chi connectivity index (χ0v) is 59.2. The van der Waals surface area contributed by atoms with Gasteiger partial charge in [-0.05, 0) is 187 Å². The van der Waals surface area contributed by atoms with Crippen LogP contribution in [-0.4, -0.2) is 11.3 Å². The predicted octanol–water partition coefficient (Wildman–Crippen LogP) is 23.6. The van der Waals surface area contributed by atoms with Crippen molar-refractivity contribution in [1.29, 1.82) is 0 Å². The van der Waals surface area contributed by atoms with Gasteiger partial charge in [-0.15, -0.1) is 0 Å². The van der Waals surface area contributed by atoms with Gasteiger partial charge < -0.3 is 14.4 Å². The average Bonchev–Trinajstić information content (AvgIpc) is 1.51. The molecule has 0 bridgehead atoms. The summed E-state index contributed by atoms with van der Waals surface area (Å²) in [5, 5.41) is 2.44. The van der Waals surface area contributed by atoms with Crippen LogP contribution in [0.2, 0.25) is 0 Å². The first-order valence-electron chi connectivity index (χ1n) is 38.4. The summed E-state index contributed by atoms with van der Waals surface area (Å²) in [4.78, 5) is 5.62. The topological polar surface area (TPSA) is 11.4 Å². The second kappa shape index (κ2) is 20.8. The first kappa shape index (κ1) is 58.5. The van der Waals surface area contributed by atoms with Crippen molar-refractivity contribution in [3.63, 3.8) is 0 Å². The largest absolute Gasteiger partial charge is 0.311 e. The Hall–Kier alpha value is -13.8. The Morgan fingerprint density at radius 3 is 1.09 bits per heavy atom. The quantitative estimate of drug-likeness (QED) is 0.163. The fourth-order valence-electron chi connectivity index (χ4n) is 22.9. The van der Waals surface area contributed by atoms with Crippen LogP contribution >= 0.6 is 0 Å². The second-order valence-corrected chi connectivity index (χ2v) is 31.0. The lowest BCUT2D eigenvalue weighted by molar-refractivity contribution is 0.791. The number of para-hydroxylation sites is 2. The number of nitrogens with zero attached hydrogens (tertiary/aromatic N) is 3. The lowest BCUT2D eigenvalue weighted by Crippen LogP contribution is -2.62. The molecule has 0 amide bonds. The van der Waals surface area contributed by atoms with E-state index in [0.29, 0.717) is 0 Å². The SMILES string of the molecule is c1ccc(-c2ccc(N3c4cc(-n5c6ccccc6c6ccccc65)cc5c4B(c4ccc6c(c4N5c4cccc5c4C4(c7ccccc7-c7ccccc74)c4ccccc4-5)-c4ccccc4C64c5ccccc5-c5ccccc54)c4ccc5c(c43)C3(c4ccccc4-c4ccccc43)c3ccccc3-5)cc2)cc1. The van der Waals surface area contributed by atoms with Gasteiger partial charge in [0.1, 0.15) is 0 Å². The Bertz CT molecular complexity index is 6930. The van der Waals surface area contributed by atoms with Crippen LogP contribution < -0.4 is 26.2 Å². The Balaban J connectivity index is 0.877. The molecule has 26 rings (SSSR count). The fraction of sp³-hybridized carbons (Fsp3) is 0.0286. The summed E-state index contributed by atoms with van der Waals surface area (Å²) in [6.45, 7) is -0.302. The lowest BCUT2D eigenvalue weighted by atomic mass is 9.33. The molecule has 17 aromatic carbocycles. The van der Waals surface area contributed by atoms with Crippen molar-refractivity contribution >= 4 is 79.0 Å². The Morgan fingerprint density at radius 1 is 0.220 bits per heavy atom. The Labute approximate surface area is 631 Å². The summed E-state index contributed by atoms with van der Waals surface area (Å²) >= 11 is 0. The monoisotopic (exact) mass is 1380 g/mol. The molecule has 0 radical (unpaired) electrons. The van der Waals surface area contributed by atoms with Gasteiger partial charge in [-0.2, -0.15) is 0 Å². The van der Waals surface area contributed by atoms with Crippen molar-refractivity contribution in [3.05, 3.63) is 443 Å². The second-order valence-electron chi connectivity index (χ2n) is 31.0. The minimum absolute atomic E-state index is 0.302. The van der Waals surface area contributed by atoms with Crippen molar-refractivity contribution < 1.29 is 0 Å². The summed E-state index contributed by atoms with van der Waals surface area (Å²) in [5.74, 6) is 0. The highest BCUT2D eigenvalue weighted by molar-refractivity contribution is 7.00. The smallest absolute Gasteiger partial charge is 0.252 e. The van der Waals surface area contributed by atoms with E-state index in [2.05, 4.69) is 390 Å². The summed E-state index contributed by atoms with van der Waals surface area (Å²) in [7, 11) is 0. The molecule has 0 N–H and O–H groups in total. The third-order valence-corrected chi connectivity index (χ3v) is 26.6. The van der Waals surface area contributed by atoms with Gasteiger partial charge >= 0.3 is 0 Å². The maximum atomic E-state index is 2.86. The normalized spacial score (nSPS) is 15.0. The molecule has 3 nitrogen and oxygen atoms in total. The van der Waals surface area contributed by atoms with Gasteiger partial charge in [0, 0.05) is 55.9 Å². The van der Waals surface area contributed by atoms with Crippen LogP contribution in [0.5, 0.6) is 0 Å². The molecule has 8 aliphatic rings. The number of hydrogen-bond donors (Lipinski definition) is 0. The van der Waals surface area contributed by atoms with Gasteiger partial charge in [-0.1, -0.05) is 334 Å². The van der Waals surface area contributed by atoms with Gasteiger partial charge in [-0.25, -0.2) is 0 Å². The number of fused-ring (bicyclic) bond motifs is 39. The van der Waals surface area contributed by atoms with Gasteiger partial charge in [0.25, 0.3) is 6.71 Å². The third-order valence-electron chi connectivity index (χ3n) is 26.6. The standard InChI is InChI=1S/C105H62BN3/c1-2-27-63(28-3-1)64-53-55-65(56-54-64)108-95-61-66(107-92-50-24-13-37-75(92)76-38-14-25-51-93(76)107)62-96-100(95)106(91-59-57-78-74-36-11-22-48-87(74)105(99(78)102(91)108)84-45-19-8-33-71(84)72-34-9-20-46-85(72)105)90-60-58-89-97(79-39-12-23-49-88(79)103(89)80-41-15-4-29-67(80)68-30-5-16-42-81(68)103)101(90)109(96)94-52-26-40-77-73-35-10-21-47-86(73)104(98(77)94)82-43-17-6-31-69(82)70-32-7-18-44-83(70)104/h1-62H. The average molecular weight is 1380 g/mol. The van der Waals surface area contributed by atoms with E-state index in [1.165, 1.54) is 183 Å². The van der Waals surface area contributed by atoms with E-state index in [1.54, 1.807) is 0 Å². The van der Waals surface area contributed by atoms with E-state index in [1.807, 2.05) is 0 Å². The molecule has 1 aromatic heterocycles. The molecule has 3 spiro atoms. The molecule has 6 aliphatic carbocycles. The van der Waals surface area contributed by atoms with E-state index in [9.17, 15) is 0 Å². The molecular formula is C105H62BN3. The first-order chi connectivity index (χ1) is 54.1. The number of benzene rings is 17. The summed E-state index contributed by atoms with van der Waals surface area (Å²) < 4.78 is 2.59. The molecular weight excluding hydrogens is 1310 g/mol. The van der Waals surface area contributed by atoms with Crippen molar-refractivity contribution in [3.8, 4) is 83.6 Å². The third kappa shape index (κ3) is 6.88.